The monoisotopic (exact) mass is 303 g/mol. The fourth-order valence-corrected chi connectivity index (χ4v) is 2.44. The first-order valence-electron chi connectivity index (χ1n) is 7.26. The van der Waals surface area contributed by atoms with Crippen LogP contribution in [-0.4, -0.2) is 20.3 Å². The fraction of sp³-hybridized carbons (Fsp3) is 0.333. The summed E-state index contributed by atoms with van der Waals surface area (Å²) in [5.41, 5.74) is 3.80. The lowest BCUT2D eigenvalue weighted by Gasteiger charge is -2.13. The Morgan fingerprint density at radius 2 is 1.71 bits per heavy atom. The largest absolute Gasteiger partial charge is 0.383 e. The first-order chi connectivity index (χ1) is 10.2. The number of anilines is 1. The van der Waals surface area contributed by atoms with E-state index in [9.17, 15) is 0 Å². The molecule has 0 aliphatic heterocycles. The third-order valence-corrected chi connectivity index (χ3v) is 3.82. The van der Waals surface area contributed by atoms with Gasteiger partial charge in [-0.15, -0.1) is 0 Å². The van der Waals surface area contributed by atoms with E-state index in [-0.39, 0.29) is 0 Å². The molecule has 112 valence electrons. The molecule has 0 aliphatic rings. The Labute approximate surface area is 132 Å². The smallest absolute Gasteiger partial charge is 0.0635 e. The molecule has 21 heavy (non-hydrogen) atoms. The minimum Gasteiger partial charge on any atom is -0.383 e. The average Bonchev–Trinajstić information content (AvgIpc) is 2.50. The molecule has 0 spiro atoms. The number of rotatable bonds is 7. The molecule has 0 saturated carbocycles. The maximum absolute atomic E-state index is 5.93. The summed E-state index contributed by atoms with van der Waals surface area (Å²) in [6.07, 6.45) is 1.03. The predicted molar refractivity (Wildman–Crippen MR) is 90.4 cm³/mol. The van der Waals surface area contributed by atoms with Crippen molar-refractivity contribution in [2.75, 3.05) is 25.6 Å². The van der Waals surface area contributed by atoms with Crippen LogP contribution in [0.25, 0.3) is 0 Å². The van der Waals surface area contributed by atoms with Gasteiger partial charge in [0, 0.05) is 24.4 Å². The highest BCUT2D eigenvalue weighted by atomic mass is 35.5. The van der Waals surface area contributed by atoms with Crippen LogP contribution in [0.1, 0.15) is 24.0 Å². The third kappa shape index (κ3) is 5.07. The van der Waals surface area contributed by atoms with Crippen LogP contribution in [0.4, 0.5) is 5.69 Å². The molecule has 2 aromatic rings. The summed E-state index contributed by atoms with van der Waals surface area (Å²) in [7, 11) is 1.71. The van der Waals surface area contributed by atoms with E-state index in [0.29, 0.717) is 5.92 Å². The van der Waals surface area contributed by atoms with Crippen molar-refractivity contribution >= 4 is 17.3 Å². The van der Waals surface area contributed by atoms with Gasteiger partial charge in [0.2, 0.25) is 0 Å². The molecule has 0 heterocycles. The summed E-state index contributed by atoms with van der Waals surface area (Å²) >= 11 is 5.93. The quantitative estimate of drug-likeness (QED) is 0.746. The molecular formula is C18H22ClNO. The zero-order valence-corrected chi connectivity index (χ0v) is 13.4. The van der Waals surface area contributed by atoms with Gasteiger partial charge in [-0.2, -0.15) is 0 Å². The van der Waals surface area contributed by atoms with E-state index in [1.165, 1.54) is 11.1 Å². The van der Waals surface area contributed by atoms with Crippen LogP contribution in [-0.2, 0) is 11.2 Å². The van der Waals surface area contributed by atoms with Crippen molar-refractivity contribution in [3.05, 3.63) is 64.7 Å². The standard InChI is InChI=1S/C18H22ClNO/c1-14(16-5-7-17(19)8-6-16)13-15-3-9-18(10-4-15)20-11-12-21-2/h3-10,14,20H,11-13H2,1-2H3. The van der Waals surface area contributed by atoms with Crippen LogP contribution in [0, 0.1) is 0 Å². The maximum atomic E-state index is 5.93. The van der Waals surface area contributed by atoms with Gasteiger partial charge in [-0.05, 0) is 47.7 Å². The molecule has 3 heteroatoms. The number of methoxy groups -OCH3 is 1. The van der Waals surface area contributed by atoms with Gasteiger partial charge < -0.3 is 10.1 Å². The molecule has 2 aromatic carbocycles. The summed E-state index contributed by atoms with van der Waals surface area (Å²) in [5, 5.41) is 4.11. The lowest BCUT2D eigenvalue weighted by molar-refractivity contribution is 0.211. The minimum absolute atomic E-state index is 0.481. The van der Waals surface area contributed by atoms with E-state index < -0.39 is 0 Å². The molecule has 1 unspecified atom stereocenters. The van der Waals surface area contributed by atoms with Crippen molar-refractivity contribution in [1.82, 2.24) is 0 Å². The molecule has 0 amide bonds. The van der Waals surface area contributed by atoms with Crippen LogP contribution in [0.15, 0.2) is 48.5 Å². The van der Waals surface area contributed by atoms with Crippen molar-refractivity contribution in [3.63, 3.8) is 0 Å². The van der Waals surface area contributed by atoms with Crippen LogP contribution in [0.2, 0.25) is 5.02 Å². The molecule has 2 nitrogen and oxygen atoms in total. The lowest BCUT2D eigenvalue weighted by atomic mass is 9.94. The molecule has 0 bridgehead atoms. The van der Waals surface area contributed by atoms with Crippen molar-refractivity contribution in [2.45, 2.75) is 19.3 Å². The Hall–Kier alpha value is -1.51. The van der Waals surface area contributed by atoms with Crippen LogP contribution >= 0.6 is 11.6 Å². The maximum Gasteiger partial charge on any atom is 0.0635 e. The predicted octanol–water partition coefficient (Wildman–Crippen LogP) is 4.74. The molecule has 1 N–H and O–H groups in total. The minimum atomic E-state index is 0.481. The Bertz CT molecular complexity index is 536. The van der Waals surface area contributed by atoms with Crippen molar-refractivity contribution < 1.29 is 4.74 Å². The fourth-order valence-electron chi connectivity index (χ4n) is 2.32. The summed E-state index contributed by atoms with van der Waals surface area (Å²) in [5.74, 6) is 0.481. The first-order valence-corrected chi connectivity index (χ1v) is 7.64. The number of ether oxygens (including phenoxy) is 1. The second-order valence-electron chi connectivity index (χ2n) is 5.27. The summed E-state index contributed by atoms with van der Waals surface area (Å²) in [4.78, 5) is 0. The van der Waals surface area contributed by atoms with Gasteiger partial charge >= 0.3 is 0 Å². The van der Waals surface area contributed by atoms with Crippen molar-refractivity contribution in [1.29, 1.82) is 0 Å². The van der Waals surface area contributed by atoms with Gasteiger partial charge in [-0.25, -0.2) is 0 Å². The van der Waals surface area contributed by atoms with E-state index in [1.807, 2.05) is 12.1 Å². The first kappa shape index (κ1) is 15.9. The summed E-state index contributed by atoms with van der Waals surface area (Å²) < 4.78 is 5.03. The summed E-state index contributed by atoms with van der Waals surface area (Å²) in [6, 6.07) is 16.7. The SMILES string of the molecule is COCCNc1ccc(CC(C)c2ccc(Cl)cc2)cc1. The van der Waals surface area contributed by atoms with E-state index in [4.69, 9.17) is 16.3 Å². The molecule has 0 radical (unpaired) electrons. The van der Waals surface area contributed by atoms with Crippen LogP contribution in [0.3, 0.4) is 0 Å². The van der Waals surface area contributed by atoms with Crippen LogP contribution in [0.5, 0.6) is 0 Å². The second kappa shape index (κ2) is 8.06. The van der Waals surface area contributed by atoms with Gasteiger partial charge in [0.15, 0.2) is 0 Å². The van der Waals surface area contributed by atoms with Gasteiger partial charge in [0.1, 0.15) is 0 Å². The topological polar surface area (TPSA) is 21.3 Å². The van der Waals surface area contributed by atoms with E-state index in [0.717, 1.165) is 30.3 Å². The normalized spacial score (nSPS) is 12.1. The van der Waals surface area contributed by atoms with Gasteiger partial charge in [0.25, 0.3) is 0 Å². The molecule has 0 saturated heterocycles. The highest BCUT2D eigenvalue weighted by molar-refractivity contribution is 6.30. The zero-order valence-electron chi connectivity index (χ0n) is 12.6. The highest BCUT2D eigenvalue weighted by Gasteiger charge is 2.06. The van der Waals surface area contributed by atoms with Crippen molar-refractivity contribution in [3.8, 4) is 0 Å². The van der Waals surface area contributed by atoms with E-state index in [1.54, 1.807) is 7.11 Å². The third-order valence-electron chi connectivity index (χ3n) is 3.57. The molecule has 2 rings (SSSR count). The summed E-state index contributed by atoms with van der Waals surface area (Å²) in [6.45, 7) is 3.79. The molecule has 0 aromatic heterocycles. The molecule has 1 atom stereocenters. The highest BCUT2D eigenvalue weighted by Crippen LogP contribution is 2.22. The van der Waals surface area contributed by atoms with E-state index >= 15 is 0 Å². The Balaban J connectivity index is 1.91. The zero-order chi connectivity index (χ0) is 15.1. The van der Waals surface area contributed by atoms with Crippen LogP contribution < -0.4 is 5.32 Å². The number of benzene rings is 2. The number of hydrogen-bond acceptors (Lipinski definition) is 2. The number of nitrogens with one attached hydrogen (secondary N) is 1. The second-order valence-corrected chi connectivity index (χ2v) is 5.71. The Morgan fingerprint density at radius 1 is 1.05 bits per heavy atom. The molecular weight excluding hydrogens is 282 g/mol. The number of halogens is 1. The lowest BCUT2D eigenvalue weighted by Crippen LogP contribution is -2.07. The van der Waals surface area contributed by atoms with E-state index in [2.05, 4.69) is 48.6 Å². The number of hydrogen-bond donors (Lipinski definition) is 1. The Morgan fingerprint density at radius 3 is 2.33 bits per heavy atom. The molecule has 0 aliphatic carbocycles. The Kier molecular flexibility index (Phi) is 6.09. The van der Waals surface area contributed by atoms with Gasteiger partial charge in [-0.1, -0.05) is 42.8 Å². The van der Waals surface area contributed by atoms with Gasteiger partial charge in [-0.3, -0.25) is 0 Å². The van der Waals surface area contributed by atoms with Crippen molar-refractivity contribution in [2.24, 2.45) is 0 Å². The average molecular weight is 304 g/mol. The molecule has 0 fully saturated rings. The van der Waals surface area contributed by atoms with Gasteiger partial charge in [0.05, 0.1) is 6.61 Å².